The second-order valence-electron chi connectivity index (χ2n) is 7.78. The van der Waals surface area contributed by atoms with Crippen LogP contribution in [-0.4, -0.2) is 32.7 Å². The Bertz CT molecular complexity index is 986. The molecule has 0 aliphatic carbocycles. The van der Waals surface area contributed by atoms with E-state index in [1.165, 1.54) is 4.31 Å². The number of benzene rings is 2. The predicted octanol–water partition coefficient (Wildman–Crippen LogP) is 3.95. The summed E-state index contributed by atoms with van der Waals surface area (Å²) in [6.07, 6.45) is 1.54. The number of amides is 1. The van der Waals surface area contributed by atoms with Crippen molar-refractivity contribution in [2.75, 3.05) is 10.6 Å². The molecule has 0 aliphatic rings. The second kappa shape index (κ2) is 9.98. The summed E-state index contributed by atoms with van der Waals surface area (Å²) in [5.74, 6) is 0.396. The van der Waals surface area contributed by atoms with Gasteiger partial charge in [0.15, 0.2) is 0 Å². The van der Waals surface area contributed by atoms with Gasteiger partial charge in [0.1, 0.15) is 11.8 Å². The van der Waals surface area contributed by atoms with E-state index in [-0.39, 0.29) is 18.6 Å². The molecule has 2 aromatic rings. The maximum absolute atomic E-state index is 13.0. The van der Waals surface area contributed by atoms with Crippen molar-refractivity contribution in [3.05, 3.63) is 59.2 Å². The first kappa shape index (κ1) is 23.7. The zero-order valence-corrected chi connectivity index (χ0v) is 19.4. The van der Waals surface area contributed by atoms with E-state index in [4.69, 9.17) is 4.74 Å². The van der Waals surface area contributed by atoms with E-state index in [1.807, 2.05) is 58.0 Å². The van der Waals surface area contributed by atoms with Gasteiger partial charge in [-0.3, -0.25) is 9.10 Å². The zero-order chi connectivity index (χ0) is 22.5. The van der Waals surface area contributed by atoms with Crippen molar-refractivity contribution in [3.8, 4) is 5.75 Å². The third kappa shape index (κ3) is 6.23. The van der Waals surface area contributed by atoms with Crippen molar-refractivity contribution in [2.24, 2.45) is 0 Å². The van der Waals surface area contributed by atoms with Gasteiger partial charge in [-0.25, -0.2) is 8.42 Å². The summed E-state index contributed by atoms with van der Waals surface area (Å²) < 4.78 is 32.1. The first-order valence-corrected chi connectivity index (χ1v) is 12.0. The van der Waals surface area contributed by atoms with Crippen molar-refractivity contribution < 1.29 is 17.9 Å². The monoisotopic (exact) mass is 432 g/mol. The van der Waals surface area contributed by atoms with Crippen LogP contribution in [-0.2, 0) is 21.4 Å². The van der Waals surface area contributed by atoms with Crippen LogP contribution in [0.1, 0.15) is 43.9 Å². The topological polar surface area (TPSA) is 75.7 Å². The van der Waals surface area contributed by atoms with Gasteiger partial charge in [-0.1, -0.05) is 25.1 Å². The first-order chi connectivity index (χ1) is 14.0. The molecule has 0 saturated heterocycles. The zero-order valence-electron chi connectivity index (χ0n) is 18.6. The number of carbonyl (C=O) groups is 1. The number of hydrogen-bond acceptors (Lipinski definition) is 4. The number of anilines is 1. The SMILES string of the molecule is CC[C@@H](C(=O)NCc1cccc(OC(C)C)c1)N(c1ccc(C)c(C)c1)S(C)(=O)=O. The molecular weight excluding hydrogens is 400 g/mol. The van der Waals surface area contributed by atoms with E-state index in [0.29, 0.717) is 12.1 Å². The van der Waals surface area contributed by atoms with Gasteiger partial charge in [0.25, 0.3) is 0 Å². The molecule has 0 saturated carbocycles. The van der Waals surface area contributed by atoms with Crippen molar-refractivity contribution in [2.45, 2.75) is 59.7 Å². The van der Waals surface area contributed by atoms with E-state index >= 15 is 0 Å². The summed E-state index contributed by atoms with van der Waals surface area (Å²) >= 11 is 0. The molecule has 164 valence electrons. The fourth-order valence-corrected chi connectivity index (χ4v) is 4.43. The molecule has 2 rings (SSSR count). The van der Waals surface area contributed by atoms with E-state index < -0.39 is 16.1 Å². The number of aryl methyl sites for hydroxylation is 2. The molecule has 6 nitrogen and oxygen atoms in total. The predicted molar refractivity (Wildman–Crippen MR) is 121 cm³/mol. The Morgan fingerprint density at radius 1 is 1.10 bits per heavy atom. The average Bonchev–Trinajstić information content (AvgIpc) is 2.65. The standard InChI is InChI=1S/C23H32N2O4S/c1-7-22(25(30(6,27)28)20-12-11-17(4)18(5)13-20)23(26)24-15-19-9-8-10-21(14-19)29-16(2)3/h8-14,16,22H,7,15H2,1-6H3,(H,24,26)/t22-/m0/s1. The molecule has 0 fully saturated rings. The number of hydrogen-bond donors (Lipinski definition) is 1. The lowest BCUT2D eigenvalue weighted by Gasteiger charge is -2.30. The smallest absolute Gasteiger partial charge is 0.244 e. The summed E-state index contributed by atoms with van der Waals surface area (Å²) in [7, 11) is -3.65. The van der Waals surface area contributed by atoms with E-state index in [9.17, 15) is 13.2 Å². The number of carbonyl (C=O) groups excluding carboxylic acids is 1. The van der Waals surface area contributed by atoms with Crippen LogP contribution in [0.2, 0.25) is 0 Å². The van der Waals surface area contributed by atoms with Gasteiger partial charge in [0, 0.05) is 6.54 Å². The molecule has 0 spiro atoms. The Morgan fingerprint density at radius 2 is 1.80 bits per heavy atom. The number of nitrogens with one attached hydrogen (secondary N) is 1. The summed E-state index contributed by atoms with van der Waals surface area (Å²) in [5, 5.41) is 2.88. The van der Waals surface area contributed by atoms with Gasteiger partial charge >= 0.3 is 0 Å². The van der Waals surface area contributed by atoms with Crippen molar-refractivity contribution in [1.82, 2.24) is 5.32 Å². The van der Waals surface area contributed by atoms with Crippen LogP contribution in [0.3, 0.4) is 0 Å². The maximum atomic E-state index is 13.0. The molecule has 0 unspecified atom stereocenters. The van der Waals surface area contributed by atoms with Gasteiger partial charge in [0.05, 0.1) is 18.0 Å². The first-order valence-electron chi connectivity index (χ1n) is 10.1. The van der Waals surface area contributed by atoms with Crippen LogP contribution in [0.5, 0.6) is 5.75 Å². The van der Waals surface area contributed by atoms with Crippen molar-refractivity contribution in [3.63, 3.8) is 0 Å². The molecule has 0 aromatic heterocycles. The molecule has 1 atom stereocenters. The Hall–Kier alpha value is -2.54. The summed E-state index contributed by atoms with van der Waals surface area (Å²) in [6.45, 7) is 9.88. The summed E-state index contributed by atoms with van der Waals surface area (Å²) in [4.78, 5) is 13.0. The van der Waals surface area contributed by atoms with Gasteiger partial charge in [0.2, 0.25) is 15.9 Å². The normalized spacial score (nSPS) is 12.5. The Kier molecular flexibility index (Phi) is 7.89. The highest BCUT2D eigenvalue weighted by atomic mass is 32.2. The molecular formula is C23H32N2O4S. The Morgan fingerprint density at radius 3 is 2.37 bits per heavy atom. The van der Waals surface area contributed by atoms with Crippen molar-refractivity contribution >= 4 is 21.6 Å². The molecule has 7 heteroatoms. The molecule has 0 bridgehead atoms. The minimum absolute atomic E-state index is 0.0561. The highest BCUT2D eigenvalue weighted by Gasteiger charge is 2.31. The molecule has 1 amide bonds. The fourth-order valence-electron chi connectivity index (χ4n) is 3.23. The third-order valence-corrected chi connectivity index (χ3v) is 5.99. The van der Waals surface area contributed by atoms with Gasteiger partial charge in [-0.15, -0.1) is 0 Å². The summed E-state index contributed by atoms with van der Waals surface area (Å²) in [5.41, 5.74) is 3.41. The van der Waals surface area contributed by atoms with Crippen LogP contribution in [0, 0.1) is 13.8 Å². The third-order valence-electron chi connectivity index (χ3n) is 4.81. The number of ether oxygens (including phenoxy) is 1. The quantitative estimate of drug-likeness (QED) is 0.651. The molecule has 0 aliphatic heterocycles. The lowest BCUT2D eigenvalue weighted by Crippen LogP contribution is -2.49. The molecule has 1 N–H and O–H groups in total. The van der Waals surface area contributed by atoms with E-state index in [0.717, 1.165) is 28.7 Å². The Labute approximate surface area is 180 Å². The summed E-state index contributed by atoms with van der Waals surface area (Å²) in [6, 6.07) is 12.1. The van der Waals surface area contributed by atoms with E-state index in [1.54, 1.807) is 19.1 Å². The van der Waals surface area contributed by atoms with E-state index in [2.05, 4.69) is 5.32 Å². The molecule has 2 aromatic carbocycles. The van der Waals surface area contributed by atoms with Crippen LogP contribution in [0.15, 0.2) is 42.5 Å². The van der Waals surface area contributed by atoms with Gasteiger partial charge < -0.3 is 10.1 Å². The number of rotatable bonds is 9. The van der Waals surface area contributed by atoms with Gasteiger partial charge in [-0.2, -0.15) is 0 Å². The molecule has 0 radical (unpaired) electrons. The molecule has 0 heterocycles. The highest BCUT2D eigenvalue weighted by molar-refractivity contribution is 7.92. The Balaban J connectivity index is 2.23. The minimum Gasteiger partial charge on any atom is -0.491 e. The van der Waals surface area contributed by atoms with Crippen molar-refractivity contribution in [1.29, 1.82) is 0 Å². The fraction of sp³-hybridized carbons (Fsp3) is 0.435. The van der Waals surface area contributed by atoms with Crippen LogP contribution >= 0.6 is 0 Å². The maximum Gasteiger partial charge on any atom is 0.244 e. The lowest BCUT2D eigenvalue weighted by atomic mass is 10.1. The average molecular weight is 433 g/mol. The molecule has 30 heavy (non-hydrogen) atoms. The number of sulfonamides is 1. The highest BCUT2D eigenvalue weighted by Crippen LogP contribution is 2.25. The second-order valence-corrected chi connectivity index (χ2v) is 9.64. The van der Waals surface area contributed by atoms with Crippen LogP contribution in [0.25, 0.3) is 0 Å². The van der Waals surface area contributed by atoms with Gasteiger partial charge in [-0.05, 0) is 75.1 Å². The van der Waals surface area contributed by atoms with Crippen LogP contribution < -0.4 is 14.4 Å². The lowest BCUT2D eigenvalue weighted by molar-refractivity contribution is -0.122. The van der Waals surface area contributed by atoms with Crippen LogP contribution in [0.4, 0.5) is 5.69 Å². The largest absolute Gasteiger partial charge is 0.491 e. The number of nitrogens with zero attached hydrogens (tertiary/aromatic N) is 1. The minimum atomic E-state index is -3.65.